The predicted octanol–water partition coefficient (Wildman–Crippen LogP) is 5.25. The van der Waals surface area contributed by atoms with Gasteiger partial charge in [0.15, 0.2) is 0 Å². The van der Waals surface area contributed by atoms with Gasteiger partial charge in [-0.15, -0.1) is 0 Å². The zero-order valence-corrected chi connectivity index (χ0v) is 16.7. The molecule has 2 heterocycles. The van der Waals surface area contributed by atoms with E-state index in [-0.39, 0.29) is 11.9 Å². The molecule has 0 aliphatic carbocycles. The van der Waals surface area contributed by atoms with Crippen molar-refractivity contribution in [3.8, 4) is 5.75 Å². The number of aryl methyl sites for hydroxylation is 2. The van der Waals surface area contributed by atoms with Crippen molar-refractivity contribution >= 4 is 22.5 Å². The smallest absolute Gasteiger partial charge is 0.276 e. The van der Waals surface area contributed by atoms with Crippen LogP contribution in [0.15, 0.2) is 72.8 Å². The van der Waals surface area contributed by atoms with Crippen molar-refractivity contribution in [1.82, 2.24) is 4.57 Å². The number of methoxy groups -OCH3 is 1. The van der Waals surface area contributed by atoms with Crippen molar-refractivity contribution in [1.29, 1.82) is 0 Å². The van der Waals surface area contributed by atoms with Gasteiger partial charge in [-0.3, -0.25) is 9.69 Å². The SMILES string of the molecule is COc1ccc(N2C(=O)c3c(c4ccccc4n3C)[C@@H]2c2ccccc2C)cc1. The molecule has 0 saturated heterocycles. The van der Waals surface area contributed by atoms with Crippen molar-refractivity contribution in [2.24, 2.45) is 7.05 Å². The maximum Gasteiger partial charge on any atom is 0.276 e. The van der Waals surface area contributed by atoms with Gasteiger partial charge in [0.05, 0.1) is 13.2 Å². The standard InChI is InChI=1S/C25H22N2O2/c1-16-8-4-5-9-19(16)23-22-20-10-6-7-11-21(20)26(2)24(22)25(28)27(23)17-12-14-18(29-3)15-13-17/h4-15,23H,1-3H3/t23-/m0/s1. The summed E-state index contributed by atoms with van der Waals surface area (Å²) >= 11 is 0. The average molecular weight is 382 g/mol. The Hall–Kier alpha value is -3.53. The van der Waals surface area contributed by atoms with Crippen molar-refractivity contribution in [2.45, 2.75) is 13.0 Å². The summed E-state index contributed by atoms with van der Waals surface area (Å²) in [5.74, 6) is 0.799. The summed E-state index contributed by atoms with van der Waals surface area (Å²) in [4.78, 5) is 15.6. The number of hydrogen-bond acceptors (Lipinski definition) is 2. The minimum absolute atomic E-state index is 0.0251. The Bertz CT molecular complexity index is 1240. The molecule has 4 nitrogen and oxygen atoms in total. The van der Waals surface area contributed by atoms with Crippen molar-refractivity contribution in [2.75, 3.05) is 12.0 Å². The number of benzene rings is 3. The van der Waals surface area contributed by atoms with Gasteiger partial charge < -0.3 is 9.30 Å². The second kappa shape index (κ2) is 6.52. The van der Waals surface area contributed by atoms with E-state index in [1.807, 2.05) is 65.0 Å². The molecule has 4 aromatic rings. The second-order valence-electron chi connectivity index (χ2n) is 7.47. The predicted molar refractivity (Wildman–Crippen MR) is 116 cm³/mol. The lowest BCUT2D eigenvalue weighted by atomic mass is 9.94. The van der Waals surface area contributed by atoms with E-state index in [9.17, 15) is 4.79 Å². The van der Waals surface area contributed by atoms with Gasteiger partial charge in [0.2, 0.25) is 0 Å². The van der Waals surface area contributed by atoms with Gasteiger partial charge in [-0.25, -0.2) is 0 Å². The summed E-state index contributed by atoms with van der Waals surface area (Å²) in [6.45, 7) is 2.11. The van der Waals surface area contributed by atoms with Crippen LogP contribution < -0.4 is 9.64 Å². The van der Waals surface area contributed by atoms with E-state index in [2.05, 4.69) is 31.2 Å². The molecule has 0 fully saturated rings. The summed E-state index contributed by atoms with van der Waals surface area (Å²) in [5.41, 5.74) is 6.10. The van der Waals surface area contributed by atoms with Crippen LogP contribution in [0.25, 0.3) is 10.9 Å². The third kappa shape index (κ3) is 2.49. The number of fused-ring (bicyclic) bond motifs is 3. The molecule has 1 atom stereocenters. The lowest BCUT2D eigenvalue weighted by Crippen LogP contribution is -2.30. The Morgan fingerprint density at radius 1 is 0.897 bits per heavy atom. The molecule has 1 aliphatic rings. The molecular formula is C25H22N2O2. The molecule has 0 radical (unpaired) electrons. The summed E-state index contributed by atoms with van der Waals surface area (Å²) in [6, 6.07) is 24.1. The molecule has 0 unspecified atom stereocenters. The first-order chi connectivity index (χ1) is 14.1. The highest BCUT2D eigenvalue weighted by Crippen LogP contribution is 2.46. The first-order valence-corrected chi connectivity index (χ1v) is 9.72. The summed E-state index contributed by atoms with van der Waals surface area (Å²) in [6.07, 6.45) is 0. The minimum Gasteiger partial charge on any atom is -0.497 e. The maximum atomic E-state index is 13.7. The molecule has 4 heteroatoms. The van der Waals surface area contributed by atoms with E-state index in [0.29, 0.717) is 0 Å². The van der Waals surface area contributed by atoms with Crippen LogP contribution in [0.4, 0.5) is 5.69 Å². The third-order valence-corrected chi connectivity index (χ3v) is 5.93. The van der Waals surface area contributed by atoms with Gasteiger partial charge in [-0.2, -0.15) is 0 Å². The van der Waals surface area contributed by atoms with Gasteiger partial charge >= 0.3 is 0 Å². The molecular weight excluding hydrogens is 360 g/mol. The highest BCUT2D eigenvalue weighted by atomic mass is 16.5. The topological polar surface area (TPSA) is 34.5 Å². The molecule has 3 aromatic carbocycles. The fraction of sp³-hybridized carbons (Fsp3) is 0.160. The van der Waals surface area contributed by atoms with E-state index in [4.69, 9.17) is 4.74 Å². The quantitative estimate of drug-likeness (QED) is 0.485. The molecule has 144 valence electrons. The number of anilines is 1. The van der Waals surface area contributed by atoms with Crippen LogP contribution in [0.2, 0.25) is 0 Å². The Labute approximate surface area is 170 Å². The molecule has 0 spiro atoms. The van der Waals surface area contributed by atoms with Gasteiger partial charge in [0.1, 0.15) is 11.4 Å². The van der Waals surface area contributed by atoms with Crippen LogP contribution in [-0.2, 0) is 7.05 Å². The number of ether oxygens (including phenoxy) is 1. The number of hydrogen-bond donors (Lipinski definition) is 0. The molecule has 0 bridgehead atoms. The number of carbonyl (C=O) groups is 1. The Kier molecular flexibility index (Phi) is 3.95. The summed E-state index contributed by atoms with van der Waals surface area (Å²) < 4.78 is 7.33. The molecule has 1 amide bonds. The van der Waals surface area contributed by atoms with Gasteiger partial charge in [0.25, 0.3) is 5.91 Å². The number of rotatable bonds is 3. The van der Waals surface area contributed by atoms with Gasteiger partial charge in [0, 0.05) is 29.2 Å². The van der Waals surface area contributed by atoms with Crippen molar-refractivity contribution in [3.05, 3.63) is 95.2 Å². The minimum atomic E-state index is -0.168. The largest absolute Gasteiger partial charge is 0.497 e. The van der Waals surface area contributed by atoms with Crippen molar-refractivity contribution in [3.63, 3.8) is 0 Å². The van der Waals surface area contributed by atoms with Gasteiger partial charge in [-0.05, 0) is 48.4 Å². The first kappa shape index (κ1) is 17.6. The normalized spacial score (nSPS) is 15.8. The van der Waals surface area contributed by atoms with Crippen LogP contribution >= 0.6 is 0 Å². The summed E-state index contributed by atoms with van der Waals surface area (Å²) in [5, 5.41) is 1.13. The molecule has 29 heavy (non-hydrogen) atoms. The average Bonchev–Trinajstić information content (AvgIpc) is 3.22. The van der Waals surface area contributed by atoms with E-state index < -0.39 is 0 Å². The zero-order chi connectivity index (χ0) is 20.1. The zero-order valence-electron chi connectivity index (χ0n) is 16.7. The molecule has 0 N–H and O–H groups in total. The monoisotopic (exact) mass is 382 g/mol. The van der Waals surface area contributed by atoms with E-state index >= 15 is 0 Å². The van der Waals surface area contributed by atoms with Crippen molar-refractivity contribution < 1.29 is 9.53 Å². The number of amides is 1. The van der Waals surface area contributed by atoms with Crippen LogP contribution in [-0.4, -0.2) is 17.6 Å². The highest BCUT2D eigenvalue weighted by molar-refractivity contribution is 6.15. The van der Waals surface area contributed by atoms with Crippen LogP contribution in [0.1, 0.15) is 33.2 Å². The number of para-hydroxylation sites is 1. The van der Waals surface area contributed by atoms with E-state index in [1.165, 1.54) is 5.56 Å². The van der Waals surface area contributed by atoms with E-state index in [0.717, 1.165) is 39.2 Å². The van der Waals surface area contributed by atoms with Crippen LogP contribution in [0, 0.1) is 6.92 Å². The Balaban J connectivity index is 1.79. The van der Waals surface area contributed by atoms with Crippen LogP contribution in [0.3, 0.4) is 0 Å². The third-order valence-electron chi connectivity index (χ3n) is 5.93. The first-order valence-electron chi connectivity index (χ1n) is 9.72. The lowest BCUT2D eigenvalue weighted by molar-refractivity contribution is 0.0986. The summed E-state index contributed by atoms with van der Waals surface area (Å²) in [7, 11) is 3.62. The van der Waals surface area contributed by atoms with Crippen LogP contribution in [0.5, 0.6) is 5.75 Å². The Morgan fingerprint density at radius 3 is 2.31 bits per heavy atom. The molecule has 0 saturated carbocycles. The lowest BCUT2D eigenvalue weighted by Gasteiger charge is -2.27. The Morgan fingerprint density at radius 2 is 1.59 bits per heavy atom. The highest BCUT2D eigenvalue weighted by Gasteiger charge is 2.43. The van der Waals surface area contributed by atoms with E-state index in [1.54, 1.807) is 7.11 Å². The molecule has 1 aromatic heterocycles. The number of nitrogens with zero attached hydrogens (tertiary/aromatic N) is 2. The number of carbonyl (C=O) groups excluding carboxylic acids is 1. The van der Waals surface area contributed by atoms with Gasteiger partial charge in [-0.1, -0.05) is 42.5 Å². The maximum absolute atomic E-state index is 13.7. The number of aromatic nitrogens is 1. The molecule has 5 rings (SSSR count). The second-order valence-corrected chi connectivity index (χ2v) is 7.47. The fourth-order valence-electron chi connectivity index (χ4n) is 4.52. The molecule has 1 aliphatic heterocycles. The fourth-order valence-corrected chi connectivity index (χ4v) is 4.52.